The van der Waals surface area contributed by atoms with Gasteiger partial charge in [0.15, 0.2) is 0 Å². The third kappa shape index (κ3) is 3.90. The number of carbonyl (C=O) groups excluding carboxylic acids is 4. The van der Waals surface area contributed by atoms with E-state index in [-0.39, 0.29) is 18.5 Å². The third-order valence-electron chi connectivity index (χ3n) is 4.73. The predicted octanol–water partition coefficient (Wildman–Crippen LogP) is 0.844. The highest BCUT2D eigenvalue weighted by Crippen LogP contribution is 2.33. The number of nitrogens with one attached hydrogen (secondary N) is 2. The quantitative estimate of drug-likeness (QED) is 0.701. The number of likely N-dealkylation sites (N-methyl/N-ethyl adjacent to an activating group) is 1. The van der Waals surface area contributed by atoms with Crippen molar-refractivity contribution in [2.24, 2.45) is 0 Å². The molecule has 2 fully saturated rings. The molecular weight excluding hydrogens is 372 g/mol. The van der Waals surface area contributed by atoms with Crippen LogP contribution >= 0.6 is 11.6 Å². The van der Waals surface area contributed by atoms with Crippen LogP contribution in [0.25, 0.3) is 0 Å². The lowest BCUT2D eigenvalue weighted by molar-refractivity contribution is -0.139. The van der Waals surface area contributed by atoms with E-state index >= 15 is 0 Å². The molecule has 1 heterocycles. The van der Waals surface area contributed by atoms with Gasteiger partial charge in [0.2, 0.25) is 11.8 Å². The molecule has 0 bridgehead atoms. The predicted molar refractivity (Wildman–Crippen MR) is 97.9 cm³/mol. The molecule has 1 aromatic carbocycles. The second kappa shape index (κ2) is 7.19. The third-order valence-corrected chi connectivity index (χ3v) is 5.06. The molecule has 1 aliphatic heterocycles. The average molecular weight is 393 g/mol. The van der Waals surface area contributed by atoms with Gasteiger partial charge >= 0.3 is 6.03 Å². The molecule has 27 heavy (non-hydrogen) atoms. The number of halogens is 1. The minimum absolute atomic E-state index is 0.124. The van der Waals surface area contributed by atoms with Crippen molar-refractivity contribution in [3.8, 4) is 0 Å². The normalized spacial score (nSPS) is 21.8. The molecule has 9 heteroatoms. The molecule has 0 radical (unpaired) electrons. The minimum Gasteiger partial charge on any atom is -0.352 e. The maximum absolute atomic E-state index is 12.9. The summed E-state index contributed by atoms with van der Waals surface area (Å²) in [7, 11) is 1.46. The van der Waals surface area contributed by atoms with Crippen LogP contribution in [0.15, 0.2) is 24.3 Å². The van der Waals surface area contributed by atoms with Crippen molar-refractivity contribution < 1.29 is 19.2 Å². The van der Waals surface area contributed by atoms with Crippen molar-refractivity contribution in [2.75, 3.05) is 20.1 Å². The van der Waals surface area contributed by atoms with E-state index in [1.165, 1.54) is 11.9 Å². The van der Waals surface area contributed by atoms with Crippen LogP contribution in [-0.4, -0.2) is 59.7 Å². The molecule has 0 unspecified atom stereocenters. The van der Waals surface area contributed by atoms with Crippen molar-refractivity contribution in [1.82, 2.24) is 20.4 Å². The summed E-state index contributed by atoms with van der Waals surface area (Å²) in [4.78, 5) is 51.4. The highest BCUT2D eigenvalue weighted by Gasteiger charge is 2.50. The highest BCUT2D eigenvalue weighted by atomic mass is 35.5. The van der Waals surface area contributed by atoms with Crippen LogP contribution in [-0.2, 0) is 19.9 Å². The first-order valence-corrected chi connectivity index (χ1v) is 9.02. The monoisotopic (exact) mass is 392 g/mol. The number of urea groups is 1. The molecule has 1 aromatic rings. The zero-order valence-corrected chi connectivity index (χ0v) is 15.9. The fourth-order valence-corrected chi connectivity index (χ4v) is 3.28. The summed E-state index contributed by atoms with van der Waals surface area (Å²) in [6, 6.07) is 6.24. The van der Waals surface area contributed by atoms with Crippen LogP contribution < -0.4 is 10.6 Å². The van der Waals surface area contributed by atoms with Crippen LogP contribution in [0.3, 0.4) is 0 Å². The van der Waals surface area contributed by atoms with E-state index < -0.39 is 29.9 Å². The Balaban J connectivity index is 1.67. The molecule has 8 nitrogen and oxygen atoms in total. The van der Waals surface area contributed by atoms with Crippen molar-refractivity contribution in [3.05, 3.63) is 34.9 Å². The van der Waals surface area contributed by atoms with Gasteiger partial charge in [-0.05, 0) is 25.8 Å². The summed E-state index contributed by atoms with van der Waals surface area (Å²) in [5.74, 6) is -1.33. The number of amides is 5. The molecule has 1 saturated heterocycles. The molecule has 3 rings (SSSR count). The lowest BCUT2D eigenvalue weighted by Crippen LogP contribution is -2.46. The fourth-order valence-electron chi connectivity index (χ4n) is 2.95. The van der Waals surface area contributed by atoms with Crippen LogP contribution in [0.2, 0.25) is 5.02 Å². The zero-order chi connectivity index (χ0) is 19.8. The van der Waals surface area contributed by atoms with E-state index in [1.807, 2.05) is 0 Å². The largest absolute Gasteiger partial charge is 0.352 e. The molecule has 0 aromatic heterocycles. The van der Waals surface area contributed by atoms with E-state index in [1.54, 1.807) is 31.2 Å². The Morgan fingerprint density at radius 3 is 2.63 bits per heavy atom. The van der Waals surface area contributed by atoms with Crippen molar-refractivity contribution in [1.29, 1.82) is 0 Å². The van der Waals surface area contributed by atoms with Gasteiger partial charge in [-0.15, -0.1) is 0 Å². The number of imide groups is 1. The first kappa shape index (κ1) is 19.2. The van der Waals surface area contributed by atoms with Gasteiger partial charge in [-0.25, -0.2) is 4.79 Å². The van der Waals surface area contributed by atoms with Crippen LogP contribution in [0.4, 0.5) is 4.79 Å². The zero-order valence-electron chi connectivity index (χ0n) is 15.1. The Labute approximate surface area is 161 Å². The number of rotatable bonds is 6. The molecule has 0 spiro atoms. The summed E-state index contributed by atoms with van der Waals surface area (Å²) in [5, 5.41) is 5.74. The number of hydrogen-bond acceptors (Lipinski definition) is 4. The minimum atomic E-state index is -1.35. The van der Waals surface area contributed by atoms with E-state index in [4.69, 9.17) is 11.6 Å². The Morgan fingerprint density at radius 2 is 2.00 bits per heavy atom. The topological polar surface area (TPSA) is 98.8 Å². The lowest BCUT2D eigenvalue weighted by atomic mass is 9.92. The molecule has 2 N–H and O–H groups in total. The van der Waals surface area contributed by atoms with Gasteiger partial charge < -0.3 is 15.5 Å². The standard InChI is InChI=1S/C18H21ClN4O4/c1-18(12-5-3-4-6-13(12)19)16(26)23(17(27)21-18)10-15(25)22(2)9-14(24)20-11-7-8-11/h3-6,11H,7-10H2,1-2H3,(H,20,24)(H,21,27)/t18-/m1/s1. The van der Waals surface area contributed by atoms with Gasteiger partial charge in [-0.1, -0.05) is 29.8 Å². The summed E-state index contributed by atoms with van der Waals surface area (Å²) in [6.45, 7) is 0.977. The summed E-state index contributed by atoms with van der Waals surface area (Å²) >= 11 is 6.17. The maximum atomic E-state index is 12.9. The SMILES string of the molecule is CN(CC(=O)NC1CC1)C(=O)CN1C(=O)N[C@](C)(c2ccccc2Cl)C1=O. The van der Waals surface area contributed by atoms with Crippen molar-refractivity contribution in [3.63, 3.8) is 0 Å². The van der Waals surface area contributed by atoms with Crippen LogP contribution in [0, 0.1) is 0 Å². The Bertz CT molecular complexity index is 810. The van der Waals surface area contributed by atoms with Gasteiger partial charge in [0, 0.05) is 23.7 Å². The summed E-state index contributed by atoms with van der Waals surface area (Å²) in [5.41, 5.74) is -0.894. The molecule has 1 atom stereocenters. The number of carbonyl (C=O) groups is 4. The summed E-state index contributed by atoms with van der Waals surface area (Å²) in [6.07, 6.45) is 1.90. The van der Waals surface area contributed by atoms with Gasteiger partial charge in [-0.3, -0.25) is 19.3 Å². The van der Waals surface area contributed by atoms with Crippen molar-refractivity contribution in [2.45, 2.75) is 31.3 Å². The van der Waals surface area contributed by atoms with E-state index in [9.17, 15) is 19.2 Å². The lowest BCUT2D eigenvalue weighted by Gasteiger charge is -2.24. The molecule has 144 valence electrons. The first-order valence-electron chi connectivity index (χ1n) is 8.65. The highest BCUT2D eigenvalue weighted by molar-refractivity contribution is 6.32. The average Bonchev–Trinajstić information content (AvgIpc) is 3.38. The second-order valence-corrected chi connectivity index (χ2v) is 7.43. The van der Waals surface area contributed by atoms with E-state index in [0.29, 0.717) is 10.6 Å². The van der Waals surface area contributed by atoms with Gasteiger partial charge in [0.05, 0.1) is 6.54 Å². The van der Waals surface area contributed by atoms with Gasteiger partial charge in [-0.2, -0.15) is 0 Å². The molecular formula is C18H21ClN4O4. The Hall–Kier alpha value is -2.61. The van der Waals surface area contributed by atoms with Crippen molar-refractivity contribution >= 4 is 35.4 Å². The van der Waals surface area contributed by atoms with E-state index in [0.717, 1.165) is 17.7 Å². The smallest absolute Gasteiger partial charge is 0.325 e. The maximum Gasteiger partial charge on any atom is 0.325 e. The molecule has 2 aliphatic rings. The number of benzene rings is 1. The Kier molecular flexibility index (Phi) is 5.10. The first-order chi connectivity index (χ1) is 12.7. The molecule has 5 amide bonds. The second-order valence-electron chi connectivity index (χ2n) is 7.02. The number of nitrogens with zero attached hydrogens (tertiary/aromatic N) is 2. The van der Waals surface area contributed by atoms with E-state index in [2.05, 4.69) is 10.6 Å². The van der Waals surface area contributed by atoms with Crippen LogP contribution in [0.1, 0.15) is 25.3 Å². The summed E-state index contributed by atoms with van der Waals surface area (Å²) < 4.78 is 0. The number of hydrogen-bond donors (Lipinski definition) is 2. The fraction of sp³-hybridized carbons (Fsp3) is 0.444. The van der Waals surface area contributed by atoms with Gasteiger partial charge in [0.1, 0.15) is 12.1 Å². The molecule has 1 aliphatic carbocycles. The van der Waals surface area contributed by atoms with Gasteiger partial charge in [0.25, 0.3) is 5.91 Å². The Morgan fingerprint density at radius 1 is 1.33 bits per heavy atom. The molecule has 1 saturated carbocycles. The van der Waals surface area contributed by atoms with Crippen LogP contribution in [0.5, 0.6) is 0 Å².